The van der Waals surface area contributed by atoms with Crippen molar-refractivity contribution in [2.45, 2.75) is 32.0 Å². The molecule has 1 atom stereocenters. The van der Waals surface area contributed by atoms with Crippen molar-refractivity contribution in [1.29, 1.82) is 0 Å². The topological polar surface area (TPSA) is 93.4 Å². The molecule has 0 aromatic carbocycles. The molecule has 0 spiro atoms. The molecule has 3 rings (SSSR count). The Hall–Kier alpha value is -2.48. The molecule has 1 aliphatic rings. The highest BCUT2D eigenvalue weighted by atomic mass is 16.5. The predicted octanol–water partition coefficient (Wildman–Crippen LogP) is 1.66. The minimum Gasteiger partial charge on any atom is -0.368 e. The third-order valence-electron chi connectivity index (χ3n) is 3.58. The third-order valence-corrected chi connectivity index (χ3v) is 3.58. The van der Waals surface area contributed by atoms with Crippen molar-refractivity contribution in [2.24, 2.45) is 0 Å². The minimum absolute atomic E-state index is 0.111. The van der Waals surface area contributed by atoms with Crippen molar-refractivity contribution in [3.63, 3.8) is 0 Å². The van der Waals surface area contributed by atoms with E-state index in [4.69, 9.17) is 9.26 Å². The summed E-state index contributed by atoms with van der Waals surface area (Å²) in [5, 5.41) is 6.63. The number of hydrogen-bond donors (Lipinski definition) is 1. The van der Waals surface area contributed by atoms with Gasteiger partial charge in [-0.1, -0.05) is 11.2 Å². The van der Waals surface area contributed by atoms with Gasteiger partial charge in [-0.3, -0.25) is 4.98 Å². The number of urea groups is 1. The van der Waals surface area contributed by atoms with Crippen molar-refractivity contribution in [3.8, 4) is 0 Å². The standard InChI is InChI=1S/C15H19N5O3/c1-20(10-11-4-2-6-16-8-11)15(21)17-9-13-18-14(23-19-13)12-5-3-7-22-12/h2,4,6,8,12H,3,5,7,9-10H2,1H3,(H,17,21). The fourth-order valence-electron chi connectivity index (χ4n) is 2.37. The van der Waals surface area contributed by atoms with Crippen LogP contribution in [0.15, 0.2) is 29.0 Å². The Morgan fingerprint density at radius 3 is 3.17 bits per heavy atom. The lowest BCUT2D eigenvalue weighted by Crippen LogP contribution is -2.36. The van der Waals surface area contributed by atoms with E-state index in [1.54, 1.807) is 24.3 Å². The molecule has 0 aliphatic carbocycles. The van der Waals surface area contributed by atoms with E-state index in [-0.39, 0.29) is 18.7 Å². The molecule has 0 radical (unpaired) electrons. The molecule has 122 valence electrons. The predicted molar refractivity (Wildman–Crippen MR) is 80.2 cm³/mol. The molecule has 2 aromatic heterocycles. The van der Waals surface area contributed by atoms with Gasteiger partial charge < -0.3 is 19.5 Å². The largest absolute Gasteiger partial charge is 0.368 e. The first-order valence-corrected chi connectivity index (χ1v) is 7.54. The van der Waals surface area contributed by atoms with E-state index in [9.17, 15) is 4.79 Å². The van der Waals surface area contributed by atoms with Crippen molar-refractivity contribution in [3.05, 3.63) is 41.8 Å². The van der Waals surface area contributed by atoms with Gasteiger partial charge in [0, 0.05) is 32.6 Å². The molecule has 2 aromatic rings. The first-order chi connectivity index (χ1) is 11.2. The molecule has 8 heteroatoms. The lowest BCUT2D eigenvalue weighted by atomic mass is 10.2. The van der Waals surface area contributed by atoms with Crippen molar-refractivity contribution < 1.29 is 14.1 Å². The highest BCUT2D eigenvalue weighted by molar-refractivity contribution is 5.73. The SMILES string of the molecule is CN(Cc1cccnc1)C(=O)NCc1noc(C2CCCO2)n1. The number of aromatic nitrogens is 3. The molecule has 0 saturated carbocycles. The summed E-state index contributed by atoms with van der Waals surface area (Å²) in [6.45, 7) is 1.41. The van der Waals surface area contributed by atoms with Crippen LogP contribution < -0.4 is 5.32 Å². The van der Waals surface area contributed by atoms with Gasteiger partial charge in [-0.15, -0.1) is 0 Å². The van der Waals surface area contributed by atoms with Crippen molar-refractivity contribution in [2.75, 3.05) is 13.7 Å². The van der Waals surface area contributed by atoms with E-state index in [1.165, 1.54) is 0 Å². The molecule has 1 fully saturated rings. The maximum absolute atomic E-state index is 12.1. The lowest BCUT2D eigenvalue weighted by molar-refractivity contribution is 0.0835. The number of hydrogen-bond acceptors (Lipinski definition) is 6. The van der Waals surface area contributed by atoms with Gasteiger partial charge in [0.05, 0.1) is 6.54 Å². The summed E-state index contributed by atoms with van der Waals surface area (Å²) in [6.07, 6.45) is 5.21. The molecule has 0 bridgehead atoms. The van der Waals surface area contributed by atoms with Crippen LogP contribution in [-0.2, 0) is 17.8 Å². The van der Waals surface area contributed by atoms with Gasteiger partial charge in [0.25, 0.3) is 5.89 Å². The molecule has 1 saturated heterocycles. The number of ether oxygens (including phenoxy) is 1. The summed E-state index contributed by atoms with van der Waals surface area (Å²) in [4.78, 5) is 21.9. The molecule has 23 heavy (non-hydrogen) atoms. The summed E-state index contributed by atoms with van der Waals surface area (Å²) in [5.41, 5.74) is 0.963. The first-order valence-electron chi connectivity index (χ1n) is 7.54. The van der Waals surface area contributed by atoms with Gasteiger partial charge >= 0.3 is 6.03 Å². The normalized spacial score (nSPS) is 17.2. The number of amides is 2. The summed E-state index contributed by atoms with van der Waals surface area (Å²) in [5.74, 6) is 0.925. The Morgan fingerprint density at radius 2 is 2.43 bits per heavy atom. The number of carbonyl (C=O) groups excluding carboxylic acids is 1. The molecule has 1 aliphatic heterocycles. The smallest absolute Gasteiger partial charge is 0.317 e. The maximum atomic E-state index is 12.1. The second-order valence-electron chi connectivity index (χ2n) is 5.43. The second kappa shape index (κ2) is 7.19. The van der Waals surface area contributed by atoms with Crippen LogP contribution in [0.2, 0.25) is 0 Å². The Kier molecular flexibility index (Phi) is 4.82. The highest BCUT2D eigenvalue weighted by Gasteiger charge is 2.23. The summed E-state index contributed by atoms with van der Waals surface area (Å²) < 4.78 is 10.7. The van der Waals surface area contributed by atoms with Gasteiger partial charge in [0.1, 0.15) is 6.10 Å². The summed E-state index contributed by atoms with van der Waals surface area (Å²) in [7, 11) is 1.72. The molecular formula is C15H19N5O3. The average molecular weight is 317 g/mol. The van der Waals surface area contributed by atoms with Gasteiger partial charge in [-0.2, -0.15) is 4.98 Å². The van der Waals surface area contributed by atoms with E-state index in [1.807, 2.05) is 12.1 Å². The van der Waals surface area contributed by atoms with E-state index < -0.39 is 0 Å². The Labute approximate surface area is 133 Å². The molecular weight excluding hydrogens is 298 g/mol. The van der Waals surface area contributed by atoms with E-state index in [0.29, 0.717) is 18.3 Å². The molecule has 1 unspecified atom stereocenters. The van der Waals surface area contributed by atoms with Gasteiger partial charge in [-0.05, 0) is 24.5 Å². The van der Waals surface area contributed by atoms with Crippen LogP contribution in [0.3, 0.4) is 0 Å². The van der Waals surface area contributed by atoms with Gasteiger partial charge in [0.15, 0.2) is 5.82 Å². The van der Waals surface area contributed by atoms with Crippen LogP contribution in [0.1, 0.15) is 36.2 Å². The Bertz CT molecular complexity index is 640. The molecule has 8 nitrogen and oxygen atoms in total. The van der Waals surface area contributed by atoms with Gasteiger partial charge in [0.2, 0.25) is 0 Å². The maximum Gasteiger partial charge on any atom is 0.317 e. The van der Waals surface area contributed by atoms with Crippen LogP contribution >= 0.6 is 0 Å². The van der Waals surface area contributed by atoms with E-state index >= 15 is 0 Å². The summed E-state index contributed by atoms with van der Waals surface area (Å²) >= 11 is 0. The molecule has 2 amide bonds. The zero-order valence-corrected chi connectivity index (χ0v) is 12.9. The van der Waals surface area contributed by atoms with Crippen LogP contribution in [0, 0.1) is 0 Å². The number of nitrogens with zero attached hydrogens (tertiary/aromatic N) is 4. The van der Waals surface area contributed by atoms with E-state index in [0.717, 1.165) is 25.0 Å². The average Bonchev–Trinajstić information content (AvgIpc) is 3.24. The number of carbonyl (C=O) groups is 1. The number of rotatable bonds is 5. The van der Waals surface area contributed by atoms with Crippen LogP contribution in [0.25, 0.3) is 0 Å². The van der Waals surface area contributed by atoms with Crippen molar-refractivity contribution >= 4 is 6.03 Å². The monoisotopic (exact) mass is 317 g/mol. The highest BCUT2D eigenvalue weighted by Crippen LogP contribution is 2.26. The quantitative estimate of drug-likeness (QED) is 0.901. The molecule has 3 heterocycles. The van der Waals surface area contributed by atoms with E-state index in [2.05, 4.69) is 20.4 Å². The third kappa shape index (κ3) is 4.04. The fraction of sp³-hybridized carbons (Fsp3) is 0.467. The van der Waals surface area contributed by atoms with Crippen LogP contribution in [0.4, 0.5) is 4.79 Å². The molecule has 1 N–H and O–H groups in total. The summed E-state index contributed by atoms with van der Waals surface area (Å²) in [6, 6.07) is 3.55. The van der Waals surface area contributed by atoms with Crippen molar-refractivity contribution in [1.82, 2.24) is 25.3 Å². The van der Waals surface area contributed by atoms with Crippen LogP contribution in [-0.4, -0.2) is 39.7 Å². The Morgan fingerprint density at radius 1 is 1.52 bits per heavy atom. The lowest BCUT2D eigenvalue weighted by Gasteiger charge is -2.17. The fourth-order valence-corrected chi connectivity index (χ4v) is 2.37. The number of pyridine rings is 1. The second-order valence-corrected chi connectivity index (χ2v) is 5.43. The van der Waals surface area contributed by atoms with Crippen LogP contribution in [0.5, 0.6) is 0 Å². The zero-order valence-electron chi connectivity index (χ0n) is 12.9. The Balaban J connectivity index is 1.48. The van der Waals surface area contributed by atoms with Gasteiger partial charge in [-0.25, -0.2) is 4.79 Å². The minimum atomic E-state index is -0.211. The number of nitrogens with one attached hydrogen (secondary N) is 1. The zero-order chi connectivity index (χ0) is 16.1. The first kappa shape index (κ1) is 15.4.